The number of rotatable bonds is 0. The summed E-state index contributed by atoms with van der Waals surface area (Å²) < 4.78 is 0. The normalized spacial score (nSPS) is 0. The third-order valence-electron chi connectivity index (χ3n) is 0. The van der Waals surface area contributed by atoms with E-state index in [1.807, 2.05) is 0 Å². The van der Waals surface area contributed by atoms with Crippen molar-refractivity contribution >= 4 is 0 Å². The van der Waals surface area contributed by atoms with Gasteiger partial charge >= 0.3 is 42.1 Å². The van der Waals surface area contributed by atoms with Gasteiger partial charge in [-0.25, -0.2) is 0 Å². The molecule has 0 amide bonds. The van der Waals surface area contributed by atoms with Gasteiger partial charge in [0.15, 0.2) is 0 Å². The van der Waals surface area contributed by atoms with Crippen LogP contribution in [0.4, 0.5) is 0 Å². The van der Waals surface area contributed by atoms with Gasteiger partial charge in [-0.2, -0.15) is 0 Å². The molecule has 0 saturated heterocycles. The second-order valence-corrected chi connectivity index (χ2v) is 0. The molecule has 0 fully saturated rings. The molecule has 50 valence electrons. The molecule has 0 bridgehead atoms. The molecule has 7 heteroatoms. The molecule has 0 heterocycles. The van der Waals surface area contributed by atoms with Crippen LogP contribution in [0.15, 0.2) is 0 Å². The van der Waals surface area contributed by atoms with Gasteiger partial charge in [-0.1, -0.05) is 0 Å². The molecule has 7 heavy (non-hydrogen) atoms. The topological polar surface area (TPSA) is 142 Å². The first kappa shape index (κ1) is 304. The van der Waals surface area contributed by atoms with Gasteiger partial charge in [0.1, 0.15) is 0 Å². The predicted molar refractivity (Wildman–Crippen MR) is 3.43 cm³/mol. The van der Waals surface area contributed by atoms with E-state index in [2.05, 4.69) is 0 Å². The standard InChI is InChI=1S/5O.2Pt/q5*-2;2*+5. The monoisotopic (exact) mass is 470 g/mol. The minimum absolute atomic E-state index is 0. The molecule has 0 spiro atoms. The Hall–Kier alpha value is 1.18. The third-order valence-corrected chi connectivity index (χ3v) is 0. The van der Waals surface area contributed by atoms with Gasteiger partial charge in [-0.05, 0) is 0 Å². The molecule has 0 aromatic carbocycles. The van der Waals surface area contributed by atoms with Crippen molar-refractivity contribution in [2.24, 2.45) is 0 Å². The Morgan fingerprint density at radius 2 is 0.286 bits per heavy atom. The predicted octanol–water partition coefficient (Wildman–Crippen LogP) is -0.599. The minimum atomic E-state index is 0. The van der Waals surface area contributed by atoms with E-state index in [0.29, 0.717) is 0 Å². The third kappa shape index (κ3) is 139. The zero-order valence-electron chi connectivity index (χ0n) is 2.67. The fraction of sp³-hybridized carbons (Fsp3) is 0. The van der Waals surface area contributed by atoms with Crippen LogP contribution < -0.4 is 0 Å². The average Bonchev–Trinajstić information content (AvgIpc) is 0. The van der Waals surface area contributed by atoms with Crippen molar-refractivity contribution in [1.29, 1.82) is 0 Å². The molecule has 5 nitrogen and oxygen atoms in total. The van der Waals surface area contributed by atoms with Crippen LogP contribution >= 0.6 is 0 Å². The Kier molecular flexibility index (Phi) is 8590. The summed E-state index contributed by atoms with van der Waals surface area (Å²) >= 11 is 0. The molecule has 0 aliphatic heterocycles. The molecule has 0 aliphatic rings. The Morgan fingerprint density at radius 3 is 0.286 bits per heavy atom. The Labute approximate surface area is 69.5 Å². The van der Waals surface area contributed by atoms with Gasteiger partial charge in [0.05, 0.1) is 0 Å². The Bertz CT molecular complexity index is 6.04. The van der Waals surface area contributed by atoms with Crippen LogP contribution in [0.2, 0.25) is 0 Å². The van der Waals surface area contributed by atoms with E-state index in [-0.39, 0.29) is 69.5 Å². The molecule has 0 rings (SSSR count). The average molecular weight is 470 g/mol. The number of hydrogen-bond donors (Lipinski definition) is 0. The van der Waals surface area contributed by atoms with Crippen molar-refractivity contribution in [3.05, 3.63) is 0 Å². The fourth-order valence-electron chi connectivity index (χ4n) is 0. The maximum atomic E-state index is 0. The van der Waals surface area contributed by atoms with Gasteiger partial charge < -0.3 is 27.4 Å². The van der Waals surface area contributed by atoms with Crippen molar-refractivity contribution in [2.75, 3.05) is 0 Å². The van der Waals surface area contributed by atoms with Crippen molar-refractivity contribution in [3.63, 3.8) is 0 Å². The molecular weight excluding hydrogens is 470 g/mol. The molecule has 0 atom stereocenters. The van der Waals surface area contributed by atoms with E-state index in [4.69, 9.17) is 0 Å². The van der Waals surface area contributed by atoms with Gasteiger partial charge in [-0.3, -0.25) is 0 Å². The molecular formula is O5Pt2. The van der Waals surface area contributed by atoms with Crippen molar-refractivity contribution in [1.82, 2.24) is 0 Å². The molecule has 0 aromatic rings. The summed E-state index contributed by atoms with van der Waals surface area (Å²) in [5.41, 5.74) is 0. The maximum absolute atomic E-state index is 0. The molecule has 0 aromatic heterocycles. The van der Waals surface area contributed by atoms with Crippen molar-refractivity contribution in [2.45, 2.75) is 0 Å². The summed E-state index contributed by atoms with van der Waals surface area (Å²) in [6.45, 7) is 0. The Morgan fingerprint density at radius 1 is 0.286 bits per heavy atom. The number of hydrogen-bond acceptors (Lipinski definition) is 0. The van der Waals surface area contributed by atoms with Gasteiger partial charge in [0, 0.05) is 0 Å². The van der Waals surface area contributed by atoms with E-state index in [1.54, 1.807) is 0 Å². The first-order chi connectivity index (χ1) is 0. The minimum Gasteiger partial charge on any atom is -2.00 e. The molecule has 2 radical (unpaired) electrons. The summed E-state index contributed by atoms with van der Waals surface area (Å²) in [5.74, 6) is 0. The molecule has 0 unspecified atom stereocenters. The van der Waals surface area contributed by atoms with Crippen LogP contribution in [0, 0.1) is 0 Å². The van der Waals surface area contributed by atoms with E-state index in [0.717, 1.165) is 0 Å². The quantitative estimate of drug-likeness (QED) is 0.446. The fourth-order valence-corrected chi connectivity index (χ4v) is 0. The first-order valence-electron chi connectivity index (χ1n) is 0. The summed E-state index contributed by atoms with van der Waals surface area (Å²) in [7, 11) is 0. The van der Waals surface area contributed by atoms with Crippen LogP contribution in [0.5, 0.6) is 0 Å². The largest absolute Gasteiger partial charge is 5.00 e. The second kappa shape index (κ2) is 198. The van der Waals surface area contributed by atoms with Crippen LogP contribution in [0.25, 0.3) is 0 Å². The van der Waals surface area contributed by atoms with Gasteiger partial charge in [0.25, 0.3) is 0 Å². The van der Waals surface area contributed by atoms with E-state index >= 15 is 0 Å². The van der Waals surface area contributed by atoms with E-state index < -0.39 is 0 Å². The van der Waals surface area contributed by atoms with Gasteiger partial charge in [-0.15, -0.1) is 0 Å². The molecule has 0 N–H and O–H groups in total. The summed E-state index contributed by atoms with van der Waals surface area (Å²) in [6.07, 6.45) is 0. The zero-order valence-corrected chi connectivity index (χ0v) is 7.22. The van der Waals surface area contributed by atoms with Crippen LogP contribution in [0.1, 0.15) is 0 Å². The maximum Gasteiger partial charge on any atom is 5.00 e. The first-order valence-corrected chi connectivity index (χ1v) is 0. The summed E-state index contributed by atoms with van der Waals surface area (Å²) in [5, 5.41) is 0. The van der Waals surface area contributed by atoms with Gasteiger partial charge in [0.2, 0.25) is 0 Å². The summed E-state index contributed by atoms with van der Waals surface area (Å²) in [6, 6.07) is 0. The summed E-state index contributed by atoms with van der Waals surface area (Å²) in [4.78, 5) is 0. The molecule has 0 saturated carbocycles. The van der Waals surface area contributed by atoms with E-state index in [9.17, 15) is 0 Å². The van der Waals surface area contributed by atoms with Crippen molar-refractivity contribution in [3.8, 4) is 0 Å². The van der Waals surface area contributed by atoms with Crippen LogP contribution in [-0.4, -0.2) is 0 Å². The molecule has 0 aliphatic carbocycles. The van der Waals surface area contributed by atoms with Crippen LogP contribution in [-0.2, 0) is 69.5 Å². The van der Waals surface area contributed by atoms with E-state index in [1.165, 1.54) is 0 Å². The van der Waals surface area contributed by atoms with Crippen molar-refractivity contribution < 1.29 is 69.5 Å². The second-order valence-electron chi connectivity index (χ2n) is 0. The van der Waals surface area contributed by atoms with Crippen LogP contribution in [0.3, 0.4) is 0 Å². The zero-order chi connectivity index (χ0) is 0. The Balaban J connectivity index is 0. The SMILES string of the molecule is [O-2].[O-2].[O-2].[O-2].[O-2].[Pt+5].[Pt+5]. The smallest absolute Gasteiger partial charge is 2.00 e.